The number of carbonyl (C=O) groups is 1. The summed E-state index contributed by atoms with van der Waals surface area (Å²) in [6.45, 7) is 6.18. The summed E-state index contributed by atoms with van der Waals surface area (Å²) in [7, 11) is 1.79. The Morgan fingerprint density at radius 2 is 2.00 bits per heavy atom. The summed E-state index contributed by atoms with van der Waals surface area (Å²) < 4.78 is 1.63. The number of amides is 1. The maximum atomic E-state index is 12.4. The van der Waals surface area contributed by atoms with Crippen LogP contribution in [0.25, 0.3) is 0 Å². The molecule has 0 fully saturated rings. The van der Waals surface area contributed by atoms with E-state index < -0.39 is 6.10 Å². The van der Waals surface area contributed by atoms with Gasteiger partial charge in [0, 0.05) is 37.6 Å². The van der Waals surface area contributed by atoms with Crippen LogP contribution in [0, 0.1) is 0 Å². The van der Waals surface area contributed by atoms with Crippen molar-refractivity contribution in [3.63, 3.8) is 0 Å². The van der Waals surface area contributed by atoms with Gasteiger partial charge < -0.3 is 10.4 Å². The summed E-state index contributed by atoms with van der Waals surface area (Å²) in [5, 5.41) is 17.2. The number of pyridine rings is 1. The Morgan fingerprint density at radius 1 is 1.36 bits per heavy atom. The topological polar surface area (TPSA) is 80.0 Å². The minimum Gasteiger partial charge on any atom is -0.387 e. The number of aliphatic hydroxyl groups is 1. The zero-order chi connectivity index (χ0) is 16.3. The maximum absolute atomic E-state index is 12.4. The fourth-order valence-electron chi connectivity index (χ4n) is 2.20. The molecule has 118 valence electrons. The predicted molar refractivity (Wildman–Crippen MR) is 83.4 cm³/mol. The second-order valence-electron chi connectivity index (χ2n) is 6.32. The first-order valence-electron chi connectivity index (χ1n) is 7.19. The molecule has 0 aliphatic carbocycles. The van der Waals surface area contributed by atoms with E-state index in [0.717, 1.165) is 11.3 Å². The highest BCUT2D eigenvalue weighted by atomic mass is 16.3. The molecular weight excluding hydrogens is 280 g/mol. The van der Waals surface area contributed by atoms with E-state index in [4.69, 9.17) is 0 Å². The van der Waals surface area contributed by atoms with Gasteiger partial charge in [0.2, 0.25) is 0 Å². The lowest BCUT2D eigenvalue weighted by Gasteiger charge is -2.17. The fourth-order valence-corrected chi connectivity index (χ4v) is 2.20. The fraction of sp³-hybridized carbons (Fsp3) is 0.438. The predicted octanol–water partition coefficient (Wildman–Crippen LogP) is 1.58. The molecule has 1 amide bonds. The van der Waals surface area contributed by atoms with Crippen LogP contribution in [0.15, 0.2) is 30.7 Å². The third-order valence-corrected chi connectivity index (χ3v) is 3.33. The van der Waals surface area contributed by atoms with Crippen LogP contribution >= 0.6 is 0 Å². The first-order valence-corrected chi connectivity index (χ1v) is 7.19. The van der Waals surface area contributed by atoms with Crippen molar-refractivity contribution in [2.45, 2.75) is 32.3 Å². The second-order valence-corrected chi connectivity index (χ2v) is 6.32. The first kappa shape index (κ1) is 16.2. The molecule has 2 N–H and O–H groups in total. The summed E-state index contributed by atoms with van der Waals surface area (Å²) >= 11 is 0. The number of nitrogens with zero attached hydrogens (tertiary/aromatic N) is 3. The van der Waals surface area contributed by atoms with Crippen LogP contribution in [-0.2, 0) is 12.5 Å². The molecule has 0 saturated heterocycles. The number of hydrogen-bond donors (Lipinski definition) is 2. The van der Waals surface area contributed by atoms with Gasteiger partial charge >= 0.3 is 0 Å². The van der Waals surface area contributed by atoms with Crippen LogP contribution in [0.2, 0.25) is 0 Å². The molecule has 6 heteroatoms. The standard InChI is InChI=1S/C16H22N4O2/c1-16(2,3)14-12(10-20(4)19-14)15(22)18-9-13(21)11-5-7-17-8-6-11/h5-8,10,13,21H,9H2,1-4H3,(H,18,22). The molecule has 0 aromatic carbocycles. The van der Waals surface area contributed by atoms with Crippen LogP contribution in [0.5, 0.6) is 0 Å². The molecule has 6 nitrogen and oxygen atoms in total. The number of carbonyl (C=O) groups excluding carboxylic acids is 1. The normalized spacial score (nSPS) is 13.0. The number of hydrogen-bond acceptors (Lipinski definition) is 4. The molecule has 0 saturated carbocycles. The molecule has 0 aliphatic rings. The lowest BCUT2D eigenvalue weighted by molar-refractivity contribution is 0.0914. The number of aryl methyl sites for hydroxylation is 1. The molecule has 0 radical (unpaired) electrons. The van der Waals surface area contributed by atoms with Gasteiger partial charge in [0.25, 0.3) is 5.91 Å². The van der Waals surface area contributed by atoms with Crippen LogP contribution in [0.4, 0.5) is 0 Å². The largest absolute Gasteiger partial charge is 0.387 e. The summed E-state index contributed by atoms with van der Waals surface area (Å²) in [5.74, 6) is -0.230. The monoisotopic (exact) mass is 302 g/mol. The van der Waals surface area contributed by atoms with Crippen molar-refractivity contribution in [3.05, 3.63) is 47.5 Å². The summed E-state index contributed by atoms with van der Waals surface area (Å²) in [5.41, 5.74) is 1.78. The van der Waals surface area contributed by atoms with Crippen molar-refractivity contribution in [2.75, 3.05) is 6.54 Å². The van der Waals surface area contributed by atoms with E-state index in [1.165, 1.54) is 0 Å². The second kappa shape index (κ2) is 6.27. The SMILES string of the molecule is Cn1cc(C(=O)NCC(O)c2ccncc2)c(C(C)(C)C)n1. The minimum atomic E-state index is -0.762. The molecule has 22 heavy (non-hydrogen) atoms. The smallest absolute Gasteiger partial charge is 0.254 e. The molecule has 0 spiro atoms. The Labute approximate surface area is 130 Å². The Morgan fingerprint density at radius 3 is 2.59 bits per heavy atom. The summed E-state index contributed by atoms with van der Waals surface area (Å²) in [4.78, 5) is 16.3. The third-order valence-electron chi connectivity index (χ3n) is 3.33. The van der Waals surface area contributed by atoms with Crippen LogP contribution in [0.3, 0.4) is 0 Å². The molecule has 2 rings (SSSR count). The van der Waals surface area contributed by atoms with Crippen LogP contribution < -0.4 is 5.32 Å². The Hall–Kier alpha value is -2.21. The molecule has 2 heterocycles. The molecule has 1 atom stereocenters. The Kier molecular flexibility index (Phi) is 4.61. The molecular formula is C16H22N4O2. The van der Waals surface area contributed by atoms with Gasteiger partial charge in [-0.15, -0.1) is 0 Å². The quantitative estimate of drug-likeness (QED) is 0.898. The van der Waals surface area contributed by atoms with Crippen molar-refractivity contribution < 1.29 is 9.90 Å². The lowest BCUT2D eigenvalue weighted by Crippen LogP contribution is -2.30. The molecule has 0 aliphatic heterocycles. The van der Waals surface area contributed by atoms with E-state index in [2.05, 4.69) is 15.4 Å². The van der Waals surface area contributed by atoms with Gasteiger partial charge in [-0.2, -0.15) is 5.10 Å². The highest BCUT2D eigenvalue weighted by molar-refractivity contribution is 5.95. The van der Waals surface area contributed by atoms with Gasteiger partial charge in [0.05, 0.1) is 17.4 Å². The lowest BCUT2D eigenvalue weighted by atomic mass is 9.89. The maximum Gasteiger partial charge on any atom is 0.254 e. The van der Waals surface area contributed by atoms with E-state index in [1.54, 1.807) is 42.5 Å². The van der Waals surface area contributed by atoms with Gasteiger partial charge in [-0.25, -0.2) is 0 Å². The molecule has 1 unspecified atom stereocenters. The molecule has 0 bridgehead atoms. The van der Waals surface area contributed by atoms with Gasteiger partial charge in [-0.1, -0.05) is 20.8 Å². The van der Waals surface area contributed by atoms with Crippen molar-refractivity contribution in [3.8, 4) is 0 Å². The van der Waals surface area contributed by atoms with Gasteiger partial charge in [0.1, 0.15) is 0 Å². The summed E-state index contributed by atoms with van der Waals surface area (Å²) in [6.07, 6.45) is 4.16. The van der Waals surface area contributed by atoms with Crippen molar-refractivity contribution in [1.82, 2.24) is 20.1 Å². The minimum absolute atomic E-state index is 0.140. The summed E-state index contributed by atoms with van der Waals surface area (Å²) in [6, 6.07) is 3.45. The van der Waals surface area contributed by atoms with E-state index >= 15 is 0 Å². The number of rotatable bonds is 4. The third kappa shape index (κ3) is 3.71. The van der Waals surface area contributed by atoms with E-state index in [9.17, 15) is 9.90 Å². The first-order chi connectivity index (χ1) is 10.3. The van der Waals surface area contributed by atoms with Crippen LogP contribution in [0.1, 0.15) is 48.5 Å². The van der Waals surface area contributed by atoms with Crippen molar-refractivity contribution >= 4 is 5.91 Å². The highest BCUT2D eigenvalue weighted by Gasteiger charge is 2.25. The number of aliphatic hydroxyl groups excluding tert-OH is 1. The zero-order valence-electron chi connectivity index (χ0n) is 13.4. The van der Waals surface area contributed by atoms with Crippen molar-refractivity contribution in [1.29, 1.82) is 0 Å². The average Bonchev–Trinajstić information content (AvgIpc) is 2.87. The zero-order valence-corrected chi connectivity index (χ0v) is 13.4. The average molecular weight is 302 g/mol. The van der Waals surface area contributed by atoms with Gasteiger partial charge in [-0.3, -0.25) is 14.5 Å². The van der Waals surface area contributed by atoms with Gasteiger partial charge in [-0.05, 0) is 17.7 Å². The Balaban J connectivity index is 2.07. The van der Waals surface area contributed by atoms with E-state index in [-0.39, 0.29) is 17.9 Å². The molecule has 2 aromatic heterocycles. The van der Waals surface area contributed by atoms with Gasteiger partial charge in [0.15, 0.2) is 0 Å². The van der Waals surface area contributed by atoms with E-state index in [1.807, 2.05) is 20.8 Å². The number of nitrogens with one attached hydrogen (secondary N) is 1. The number of aromatic nitrogens is 3. The van der Waals surface area contributed by atoms with E-state index in [0.29, 0.717) is 5.56 Å². The van der Waals surface area contributed by atoms with Crippen molar-refractivity contribution in [2.24, 2.45) is 7.05 Å². The van der Waals surface area contributed by atoms with Crippen LogP contribution in [-0.4, -0.2) is 32.3 Å². The Bertz CT molecular complexity index is 644. The molecule has 2 aromatic rings. The highest BCUT2D eigenvalue weighted by Crippen LogP contribution is 2.24.